The Bertz CT molecular complexity index is 508. The summed E-state index contributed by atoms with van der Waals surface area (Å²) in [6.45, 7) is 2.67. The van der Waals surface area contributed by atoms with Crippen LogP contribution >= 0.6 is 0 Å². The van der Waals surface area contributed by atoms with Crippen molar-refractivity contribution in [1.82, 2.24) is 10.6 Å². The first-order valence-corrected chi connectivity index (χ1v) is 7.52. The van der Waals surface area contributed by atoms with Crippen LogP contribution in [0.2, 0.25) is 0 Å². The third-order valence-electron chi connectivity index (χ3n) is 3.14. The molecule has 0 aliphatic carbocycles. The van der Waals surface area contributed by atoms with Crippen molar-refractivity contribution in [2.24, 2.45) is 10.9 Å². The van der Waals surface area contributed by atoms with Gasteiger partial charge in [0.25, 0.3) is 0 Å². The van der Waals surface area contributed by atoms with Crippen molar-refractivity contribution in [3.8, 4) is 11.5 Å². The Morgan fingerprint density at radius 2 is 1.96 bits per heavy atom. The molecule has 130 valence electrons. The molecule has 5 nitrogen and oxygen atoms in total. The van der Waals surface area contributed by atoms with Crippen molar-refractivity contribution in [2.45, 2.75) is 33.4 Å². The number of rotatable bonds is 8. The molecule has 0 atom stereocenters. The zero-order valence-electron chi connectivity index (χ0n) is 14.0. The Kier molecular flexibility index (Phi) is 8.15. The third-order valence-corrected chi connectivity index (χ3v) is 3.14. The normalized spacial score (nSPS) is 11.7. The van der Waals surface area contributed by atoms with E-state index in [1.807, 2.05) is 0 Å². The quantitative estimate of drug-likeness (QED) is 0.569. The number of halogens is 2. The van der Waals surface area contributed by atoms with Gasteiger partial charge in [0.1, 0.15) is 0 Å². The smallest absolute Gasteiger partial charge is 0.387 e. The predicted octanol–water partition coefficient (Wildman–Crippen LogP) is 3.01. The van der Waals surface area contributed by atoms with Crippen LogP contribution in [0.25, 0.3) is 0 Å². The van der Waals surface area contributed by atoms with E-state index in [2.05, 4.69) is 34.2 Å². The van der Waals surface area contributed by atoms with E-state index in [-0.39, 0.29) is 11.5 Å². The molecule has 0 radical (unpaired) electrons. The molecule has 0 saturated carbocycles. The summed E-state index contributed by atoms with van der Waals surface area (Å²) >= 11 is 0. The zero-order valence-corrected chi connectivity index (χ0v) is 14.0. The summed E-state index contributed by atoms with van der Waals surface area (Å²) in [5.41, 5.74) is 0.785. The minimum atomic E-state index is -2.89. The molecule has 0 bridgehead atoms. The fraction of sp³-hybridized carbons (Fsp3) is 0.562. The largest absolute Gasteiger partial charge is 0.493 e. The summed E-state index contributed by atoms with van der Waals surface area (Å²) in [7, 11) is 3.09. The highest BCUT2D eigenvalue weighted by Crippen LogP contribution is 2.29. The Hall–Kier alpha value is -2.05. The van der Waals surface area contributed by atoms with Crippen molar-refractivity contribution in [2.75, 3.05) is 20.7 Å². The van der Waals surface area contributed by atoms with E-state index in [0.29, 0.717) is 18.4 Å². The maximum atomic E-state index is 12.4. The summed E-state index contributed by atoms with van der Waals surface area (Å²) in [6.07, 6.45) is 1.04. The number of nitrogens with zero attached hydrogens (tertiary/aromatic N) is 1. The average molecular weight is 329 g/mol. The number of hydrogen-bond acceptors (Lipinski definition) is 3. The van der Waals surface area contributed by atoms with Crippen LogP contribution in [0.5, 0.6) is 11.5 Å². The van der Waals surface area contributed by atoms with Crippen molar-refractivity contribution in [1.29, 1.82) is 0 Å². The molecule has 0 unspecified atom stereocenters. The monoisotopic (exact) mass is 329 g/mol. The molecule has 1 rings (SSSR count). The van der Waals surface area contributed by atoms with Crippen LogP contribution in [-0.4, -0.2) is 33.3 Å². The van der Waals surface area contributed by atoms with Crippen molar-refractivity contribution >= 4 is 5.96 Å². The average Bonchev–Trinajstić information content (AvgIpc) is 2.50. The molecule has 0 aliphatic rings. The van der Waals surface area contributed by atoms with Crippen LogP contribution in [0.15, 0.2) is 23.2 Å². The van der Waals surface area contributed by atoms with Crippen molar-refractivity contribution < 1.29 is 18.3 Å². The maximum Gasteiger partial charge on any atom is 0.387 e. The fourth-order valence-corrected chi connectivity index (χ4v) is 1.90. The SMILES string of the molecule is CN=C(NCCC(C)C)NCc1ccc(OC)c(OC(F)F)c1. The number of nitrogens with one attached hydrogen (secondary N) is 2. The van der Waals surface area contributed by atoms with Crippen LogP contribution in [-0.2, 0) is 6.54 Å². The number of alkyl halides is 2. The van der Waals surface area contributed by atoms with Crippen LogP contribution in [0.4, 0.5) is 8.78 Å². The minimum absolute atomic E-state index is 0.0181. The van der Waals surface area contributed by atoms with Gasteiger partial charge in [0.15, 0.2) is 17.5 Å². The van der Waals surface area contributed by atoms with E-state index >= 15 is 0 Å². The van der Waals surface area contributed by atoms with Crippen LogP contribution in [0, 0.1) is 5.92 Å². The van der Waals surface area contributed by atoms with E-state index in [9.17, 15) is 8.78 Å². The molecular formula is C16H25F2N3O2. The van der Waals surface area contributed by atoms with Gasteiger partial charge in [-0.05, 0) is 30.0 Å². The Balaban J connectivity index is 2.62. The lowest BCUT2D eigenvalue weighted by molar-refractivity contribution is -0.0512. The van der Waals surface area contributed by atoms with Crippen LogP contribution in [0.1, 0.15) is 25.8 Å². The molecule has 0 heterocycles. The molecule has 0 fully saturated rings. The van der Waals surface area contributed by atoms with E-state index in [0.717, 1.165) is 18.5 Å². The van der Waals surface area contributed by atoms with Crippen LogP contribution < -0.4 is 20.1 Å². The summed E-state index contributed by atoms with van der Waals surface area (Å²) in [4.78, 5) is 4.12. The van der Waals surface area contributed by atoms with Crippen molar-refractivity contribution in [3.63, 3.8) is 0 Å². The fourth-order valence-electron chi connectivity index (χ4n) is 1.90. The molecule has 7 heteroatoms. The molecule has 23 heavy (non-hydrogen) atoms. The van der Waals surface area contributed by atoms with Crippen LogP contribution in [0.3, 0.4) is 0 Å². The van der Waals surface area contributed by atoms with E-state index in [1.54, 1.807) is 19.2 Å². The van der Waals surface area contributed by atoms with Gasteiger partial charge in [-0.2, -0.15) is 8.78 Å². The number of guanidine groups is 1. The van der Waals surface area contributed by atoms with Gasteiger partial charge in [0.05, 0.1) is 7.11 Å². The topological polar surface area (TPSA) is 54.9 Å². The molecule has 0 amide bonds. The van der Waals surface area contributed by atoms with Gasteiger partial charge in [-0.3, -0.25) is 4.99 Å². The second-order valence-corrected chi connectivity index (χ2v) is 5.40. The van der Waals surface area contributed by atoms with Gasteiger partial charge in [0, 0.05) is 20.1 Å². The number of ether oxygens (including phenoxy) is 2. The van der Waals surface area contributed by atoms with Gasteiger partial charge in [-0.25, -0.2) is 0 Å². The van der Waals surface area contributed by atoms with E-state index in [4.69, 9.17) is 4.74 Å². The summed E-state index contributed by atoms with van der Waals surface area (Å²) < 4.78 is 34.3. The number of aliphatic imine (C=N–C) groups is 1. The summed E-state index contributed by atoms with van der Waals surface area (Å²) in [6, 6.07) is 4.91. The van der Waals surface area contributed by atoms with Gasteiger partial charge in [-0.1, -0.05) is 19.9 Å². The third kappa shape index (κ3) is 7.17. The van der Waals surface area contributed by atoms with Gasteiger partial charge in [-0.15, -0.1) is 0 Å². The molecule has 2 N–H and O–H groups in total. The number of benzene rings is 1. The molecule has 0 saturated heterocycles. The van der Waals surface area contributed by atoms with Gasteiger partial charge < -0.3 is 20.1 Å². The first kappa shape index (κ1) is 19.0. The Morgan fingerprint density at radius 1 is 1.22 bits per heavy atom. The molecule has 0 aromatic heterocycles. The second-order valence-electron chi connectivity index (χ2n) is 5.40. The molecule has 1 aromatic carbocycles. The van der Waals surface area contributed by atoms with Crippen molar-refractivity contribution in [3.05, 3.63) is 23.8 Å². The second kappa shape index (κ2) is 9.86. The Labute approximate surface area is 136 Å². The summed E-state index contributed by atoms with van der Waals surface area (Å²) in [5.74, 6) is 1.56. The highest BCUT2D eigenvalue weighted by atomic mass is 19.3. The lowest BCUT2D eigenvalue weighted by Gasteiger charge is -2.14. The highest BCUT2D eigenvalue weighted by molar-refractivity contribution is 5.79. The first-order chi connectivity index (χ1) is 11.0. The lowest BCUT2D eigenvalue weighted by Crippen LogP contribution is -2.37. The van der Waals surface area contributed by atoms with Gasteiger partial charge in [0.2, 0.25) is 0 Å². The maximum absolute atomic E-state index is 12.4. The molecule has 1 aromatic rings. The lowest BCUT2D eigenvalue weighted by atomic mass is 10.1. The molecular weight excluding hydrogens is 304 g/mol. The molecule has 0 aliphatic heterocycles. The summed E-state index contributed by atoms with van der Waals surface area (Å²) in [5, 5.41) is 6.34. The van der Waals surface area contributed by atoms with Gasteiger partial charge >= 0.3 is 6.61 Å². The number of methoxy groups -OCH3 is 1. The first-order valence-electron chi connectivity index (χ1n) is 7.52. The van der Waals surface area contributed by atoms with E-state index in [1.165, 1.54) is 13.2 Å². The Morgan fingerprint density at radius 3 is 2.52 bits per heavy atom. The highest BCUT2D eigenvalue weighted by Gasteiger charge is 2.11. The standard InChI is InChI=1S/C16H25F2N3O2/c1-11(2)7-8-20-16(19-3)21-10-12-5-6-13(22-4)14(9-12)23-15(17)18/h5-6,9,11,15H,7-8,10H2,1-4H3,(H2,19,20,21). The molecule has 0 spiro atoms. The minimum Gasteiger partial charge on any atom is -0.493 e. The van der Waals surface area contributed by atoms with E-state index < -0.39 is 6.61 Å². The predicted molar refractivity (Wildman–Crippen MR) is 87.3 cm³/mol. The number of hydrogen-bond donors (Lipinski definition) is 2. The zero-order chi connectivity index (χ0) is 17.2.